The van der Waals surface area contributed by atoms with Crippen molar-refractivity contribution in [3.8, 4) is 0 Å². The number of carbonyl (C=O) groups excluding carboxylic acids is 2. The molecule has 0 amide bonds. The molecule has 0 aromatic carbocycles. The zero-order valence-corrected chi connectivity index (χ0v) is 16.7. The van der Waals surface area contributed by atoms with Crippen LogP contribution in [0.2, 0.25) is 0 Å². The summed E-state index contributed by atoms with van der Waals surface area (Å²) in [7, 11) is 1.42. The molecule has 0 spiro atoms. The predicted molar refractivity (Wildman–Crippen MR) is 101 cm³/mol. The van der Waals surface area contributed by atoms with Crippen molar-refractivity contribution in [2.24, 2.45) is 11.3 Å². The van der Waals surface area contributed by atoms with Crippen LogP contribution < -0.4 is 0 Å². The van der Waals surface area contributed by atoms with Crippen molar-refractivity contribution in [2.45, 2.75) is 109 Å². The van der Waals surface area contributed by atoms with E-state index in [1.165, 1.54) is 32.8 Å². The number of carbonyl (C=O) groups is 2. The van der Waals surface area contributed by atoms with Crippen LogP contribution >= 0.6 is 0 Å². The minimum absolute atomic E-state index is 0.141. The van der Waals surface area contributed by atoms with Gasteiger partial charge in [0.15, 0.2) is 11.2 Å². The number of esters is 1. The highest BCUT2D eigenvalue weighted by molar-refractivity contribution is 6.06. The maximum absolute atomic E-state index is 13.9. The Morgan fingerprint density at radius 1 is 1.04 bits per heavy atom. The number of fused-ring (bicyclic) bond motifs is 6. The van der Waals surface area contributed by atoms with E-state index < -0.39 is 5.41 Å². The van der Waals surface area contributed by atoms with Gasteiger partial charge in [-0.05, 0) is 38.5 Å². The lowest BCUT2D eigenvalue weighted by Gasteiger charge is -2.56. The average molecular weight is 365 g/mol. The quantitative estimate of drug-likeness (QED) is 0.524. The van der Waals surface area contributed by atoms with Crippen LogP contribution in [-0.4, -0.2) is 30.6 Å². The van der Waals surface area contributed by atoms with E-state index in [1.54, 1.807) is 0 Å². The van der Waals surface area contributed by atoms with Gasteiger partial charge in [-0.15, -0.1) is 0 Å². The summed E-state index contributed by atoms with van der Waals surface area (Å²) in [6, 6.07) is 0. The molecule has 0 radical (unpaired) electrons. The summed E-state index contributed by atoms with van der Waals surface area (Å²) in [4.78, 5) is 26.8. The zero-order chi connectivity index (χ0) is 18.6. The number of Topliss-reactive ketones (excluding diaryl/α,β-unsaturated/α-hetero) is 1. The van der Waals surface area contributed by atoms with Gasteiger partial charge in [0, 0.05) is 5.92 Å². The molecule has 2 aliphatic heterocycles. The summed E-state index contributed by atoms with van der Waals surface area (Å²) in [6.07, 6.45) is 13.9. The zero-order valence-electron chi connectivity index (χ0n) is 16.7. The minimum Gasteiger partial charge on any atom is -0.468 e. The lowest BCUT2D eigenvalue weighted by atomic mass is 9.58. The van der Waals surface area contributed by atoms with Crippen LogP contribution in [-0.2, 0) is 19.1 Å². The van der Waals surface area contributed by atoms with E-state index in [0.717, 1.165) is 57.8 Å². The Morgan fingerprint density at radius 2 is 1.73 bits per heavy atom. The first-order chi connectivity index (χ1) is 12.6. The molecular formula is C22H36O4. The molecule has 0 unspecified atom stereocenters. The second kappa shape index (κ2) is 8.41. The third-order valence-electron chi connectivity index (χ3n) is 7.17. The number of rotatable bonds is 3. The fourth-order valence-electron chi connectivity index (χ4n) is 5.91. The summed E-state index contributed by atoms with van der Waals surface area (Å²) < 4.78 is 11.9. The highest BCUT2D eigenvalue weighted by Gasteiger charge is 2.65. The maximum Gasteiger partial charge on any atom is 0.322 e. The maximum atomic E-state index is 13.9. The van der Waals surface area contributed by atoms with Crippen LogP contribution in [0.15, 0.2) is 0 Å². The molecule has 0 aromatic heterocycles. The van der Waals surface area contributed by atoms with Gasteiger partial charge in [-0.2, -0.15) is 0 Å². The molecular weight excluding hydrogens is 328 g/mol. The van der Waals surface area contributed by atoms with Gasteiger partial charge < -0.3 is 9.47 Å². The number of methoxy groups -OCH3 is 1. The summed E-state index contributed by atoms with van der Waals surface area (Å²) >= 11 is 0. The van der Waals surface area contributed by atoms with E-state index in [-0.39, 0.29) is 29.4 Å². The molecule has 2 heterocycles. The van der Waals surface area contributed by atoms with Gasteiger partial charge in [0.1, 0.15) is 0 Å². The molecule has 4 atom stereocenters. The van der Waals surface area contributed by atoms with Gasteiger partial charge in [0.05, 0.1) is 18.8 Å². The molecule has 4 heteroatoms. The molecule has 148 valence electrons. The Balaban J connectivity index is 2.01. The predicted octanol–water partition coefficient (Wildman–Crippen LogP) is 4.98. The first-order valence-electron chi connectivity index (χ1n) is 10.9. The van der Waals surface area contributed by atoms with Crippen molar-refractivity contribution < 1.29 is 19.1 Å². The highest BCUT2D eigenvalue weighted by atomic mass is 16.5. The van der Waals surface area contributed by atoms with E-state index in [1.807, 2.05) is 0 Å². The van der Waals surface area contributed by atoms with Gasteiger partial charge in [0.25, 0.3) is 0 Å². The van der Waals surface area contributed by atoms with Crippen molar-refractivity contribution in [1.29, 1.82) is 0 Å². The lowest BCUT2D eigenvalue weighted by Crippen LogP contribution is -2.66. The van der Waals surface area contributed by atoms with E-state index in [0.29, 0.717) is 6.42 Å². The fourth-order valence-corrected chi connectivity index (χ4v) is 5.91. The van der Waals surface area contributed by atoms with Gasteiger partial charge >= 0.3 is 5.97 Å². The molecule has 2 saturated heterocycles. The number of ketones is 1. The van der Waals surface area contributed by atoms with E-state index >= 15 is 0 Å². The topological polar surface area (TPSA) is 52.6 Å². The largest absolute Gasteiger partial charge is 0.468 e. The molecule has 4 bridgehead atoms. The van der Waals surface area contributed by atoms with E-state index in [4.69, 9.17) is 9.47 Å². The van der Waals surface area contributed by atoms with Gasteiger partial charge in [-0.1, -0.05) is 58.3 Å². The number of ether oxygens (including phenoxy) is 2. The molecule has 3 rings (SSSR count). The van der Waals surface area contributed by atoms with Crippen molar-refractivity contribution in [3.63, 3.8) is 0 Å². The first-order valence-corrected chi connectivity index (χ1v) is 10.9. The molecule has 3 fully saturated rings. The second-order valence-corrected chi connectivity index (χ2v) is 8.71. The molecule has 3 aliphatic rings. The first kappa shape index (κ1) is 19.9. The van der Waals surface area contributed by atoms with Crippen LogP contribution in [0.5, 0.6) is 0 Å². The van der Waals surface area contributed by atoms with Gasteiger partial charge in [-0.25, -0.2) is 0 Å². The Morgan fingerprint density at radius 3 is 2.42 bits per heavy atom. The Labute approximate surface area is 158 Å². The minimum atomic E-state index is -1.06. The number of hydrogen-bond acceptors (Lipinski definition) is 4. The number of hydrogen-bond donors (Lipinski definition) is 0. The average Bonchev–Trinajstić information content (AvgIpc) is 2.64. The van der Waals surface area contributed by atoms with Gasteiger partial charge in [0.2, 0.25) is 0 Å². The highest BCUT2D eigenvalue weighted by Crippen LogP contribution is 2.54. The van der Waals surface area contributed by atoms with Crippen molar-refractivity contribution in [2.75, 3.05) is 7.11 Å². The Hall–Kier alpha value is -0.900. The monoisotopic (exact) mass is 364 g/mol. The third kappa shape index (κ3) is 3.34. The van der Waals surface area contributed by atoms with Crippen molar-refractivity contribution >= 4 is 11.8 Å². The molecule has 1 aliphatic carbocycles. The summed E-state index contributed by atoms with van der Waals surface area (Å²) in [5.74, 6) is -0.339. The SMILES string of the molecule is CCC[C@]12CCC[C@H](O1)[C@]1(C(=O)OC)CCCCCCCCC[C@@H]2C1=O. The summed E-state index contributed by atoms with van der Waals surface area (Å²) in [5.41, 5.74) is -1.40. The van der Waals surface area contributed by atoms with E-state index in [9.17, 15) is 9.59 Å². The third-order valence-corrected chi connectivity index (χ3v) is 7.17. The Bertz CT molecular complexity index is 512. The van der Waals surface area contributed by atoms with Crippen LogP contribution in [0.3, 0.4) is 0 Å². The smallest absolute Gasteiger partial charge is 0.322 e. The van der Waals surface area contributed by atoms with Gasteiger partial charge in [-0.3, -0.25) is 9.59 Å². The van der Waals surface area contributed by atoms with Crippen LogP contribution in [0.25, 0.3) is 0 Å². The lowest BCUT2D eigenvalue weighted by molar-refractivity contribution is -0.238. The summed E-state index contributed by atoms with van der Waals surface area (Å²) in [5, 5.41) is 0. The normalized spacial score (nSPS) is 38.8. The fraction of sp³-hybridized carbons (Fsp3) is 0.909. The van der Waals surface area contributed by atoms with Crippen molar-refractivity contribution in [1.82, 2.24) is 0 Å². The molecule has 0 aromatic rings. The standard InChI is InChI=1S/C22H36O4/c1-3-14-21-15-11-13-18(26-21)22(20(24)25-2)16-10-8-6-4-5-7-9-12-17(21)19(22)23/h17-18H,3-16H2,1-2H3/t17-,18+,21-,22-/m1/s1. The summed E-state index contributed by atoms with van der Waals surface area (Å²) in [6.45, 7) is 2.17. The van der Waals surface area contributed by atoms with Crippen LogP contribution in [0.1, 0.15) is 96.8 Å². The van der Waals surface area contributed by atoms with Crippen LogP contribution in [0.4, 0.5) is 0 Å². The Kier molecular flexibility index (Phi) is 6.42. The van der Waals surface area contributed by atoms with Crippen molar-refractivity contribution in [3.05, 3.63) is 0 Å². The molecule has 0 N–H and O–H groups in total. The molecule has 4 nitrogen and oxygen atoms in total. The van der Waals surface area contributed by atoms with E-state index in [2.05, 4.69) is 6.92 Å². The second-order valence-electron chi connectivity index (χ2n) is 8.71. The molecule has 1 saturated carbocycles. The van der Waals surface area contributed by atoms with Crippen LogP contribution in [0, 0.1) is 11.3 Å². The molecule has 26 heavy (non-hydrogen) atoms.